The Kier molecular flexibility index (Phi) is 3.94. The second-order valence-corrected chi connectivity index (χ2v) is 8.88. The van der Waals surface area contributed by atoms with E-state index in [9.17, 15) is 14.4 Å². The first kappa shape index (κ1) is 18.7. The second-order valence-electron chi connectivity index (χ2n) is 7.80. The van der Waals surface area contributed by atoms with Crippen LogP contribution in [0.15, 0.2) is 82.4 Å². The van der Waals surface area contributed by atoms with Crippen LogP contribution in [-0.4, -0.2) is 10.5 Å². The van der Waals surface area contributed by atoms with E-state index in [1.807, 2.05) is 36.4 Å². The third kappa shape index (κ3) is 2.60. The van der Waals surface area contributed by atoms with Gasteiger partial charge in [0.05, 0.1) is 5.69 Å². The summed E-state index contributed by atoms with van der Waals surface area (Å²) in [6.07, 6.45) is 0. The molecule has 0 fully saturated rings. The highest BCUT2D eigenvalue weighted by atomic mass is 32.1. The Hall–Kier alpha value is -4.03. The van der Waals surface area contributed by atoms with Crippen molar-refractivity contribution in [3.05, 3.63) is 93.5 Å². The highest BCUT2D eigenvalue weighted by molar-refractivity contribution is 7.25. The van der Waals surface area contributed by atoms with Crippen LogP contribution < -0.4 is 16.4 Å². The molecule has 1 amide bonds. The van der Waals surface area contributed by atoms with Crippen molar-refractivity contribution in [3.63, 3.8) is 0 Å². The van der Waals surface area contributed by atoms with Gasteiger partial charge in [-0.3, -0.25) is 14.4 Å². The number of hydrogen-bond acceptors (Lipinski definition) is 4. The Labute approximate surface area is 185 Å². The van der Waals surface area contributed by atoms with Crippen LogP contribution >= 0.6 is 11.3 Å². The number of amides is 1. The summed E-state index contributed by atoms with van der Waals surface area (Å²) in [4.78, 5) is 38.5. The van der Waals surface area contributed by atoms with E-state index < -0.39 is 0 Å². The fraction of sp³-hybridized carbons (Fsp3) is 0.0385. The predicted octanol–water partition coefficient (Wildman–Crippen LogP) is 5.27. The maximum atomic E-state index is 13.5. The Balaban J connectivity index is 1.75. The first-order valence-corrected chi connectivity index (χ1v) is 11.0. The van der Waals surface area contributed by atoms with E-state index in [2.05, 4.69) is 17.4 Å². The van der Waals surface area contributed by atoms with E-state index in [0.717, 1.165) is 25.6 Å². The topological polar surface area (TPSA) is 68.2 Å². The molecule has 0 saturated carbocycles. The van der Waals surface area contributed by atoms with Crippen molar-refractivity contribution < 1.29 is 4.79 Å². The van der Waals surface area contributed by atoms with E-state index in [0.29, 0.717) is 27.5 Å². The maximum Gasteiger partial charge on any atom is 0.265 e. The van der Waals surface area contributed by atoms with Gasteiger partial charge in [0, 0.05) is 43.6 Å². The number of benzene rings is 4. The number of carbonyl (C=O) groups excluding carboxylic acids is 1. The molecule has 6 aromatic rings. The minimum absolute atomic E-state index is 0.221. The number of nitrogens with zero attached hydrogens (tertiary/aromatic N) is 1. The lowest BCUT2D eigenvalue weighted by Crippen LogP contribution is -2.32. The summed E-state index contributed by atoms with van der Waals surface area (Å²) in [5.41, 5.74) is 0.217. The third-order valence-electron chi connectivity index (χ3n) is 5.81. The Bertz CT molecular complexity index is 1800. The van der Waals surface area contributed by atoms with Gasteiger partial charge < -0.3 is 5.32 Å². The van der Waals surface area contributed by atoms with Crippen LogP contribution in [-0.2, 0) is 4.79 Å². The van der Waals surface area contributed by atoms with Gasteiger partial charge in [-0.25, -0.2) is 4.57 Å². The van der Waals surface area contributed by atoms with Gasteiger partial charge in [0.1, 0.15) is 0 Å². The third-order valence-corrected chi connectivity index (χ3v) is 6.95. The number of carbonyl (C=O) groups is 1. The van der Waals surface area contributed by atoms with Crippen molar-refractivity contribution in [1.29, 1.82) is 0 Å². The SMILES string of the molecule is CC(=O)Nc1cccc(-n2c(=O)c3ccc4sc5ccccc5c5ccc(c2=O)c3c45)c1. The van der Waals surface area contributed by atoms with Gasteiger partial charge in [-0.05, 0) is 53.2 Å². The summed E-state index contributed by atoms with van der Waals surface area (Å²) in [6.45, 7) is 1.41. The summed E-state index contributed by atoms with van der Waals surface area (Å²) in [6, 6.07) is 22.5. The largest absolute Gasteiger partial charge is 0.326 e. The lowest BCUT2D eigenvalue weighted by atomic mass is 9.97. The van der Waals surface area contributed by atoms with Crippen molar-refractivity contribution in [1.82, 2.24) is 4.57 Å². The maximum absolute atomic E-state index is 13.5. The smallest absolute Gasteiger partial charge is 0.265 e. The van der Waals surface area contributed by atoms with E-state index >= 15 is 0 Å². The first-order valence-electron chi connectivity index (χ1n) is 10.2. The summed E-state index contributed by atoms with van der Waals surface area (Å²) in [7, 11) is 0. The average Bonchev–Trinajstić information content (AvgIpc) is 2.78. The van der Waals surface area contributed by atoms with Gasteiger partial charge in [-0.2, -0.15) is 0 Å². The highest BCUT2D eigenvalue weighted by Crippen LogP contribution is 2.39. The molecule has 0 aliphatic carbocycles. The number of fused-ring (bicyclic) bond motifs is 2. The second kappa shape index (κ2) is 6.73. The van der Waals surface area contributed by atoms with Gasteiger partial charge in [0.2, 0.25) is 5.91 Å². The van der Waals surface area contributed by atoms with Gasteiger partial charge in [0.25, 0.3) is 11.1 Å². The summed E-state index contributed by atoms with van der Waals surface area (Å²) in [5.74, 6) is -0.221. The van der Waals surface area contributed by atoms with Gasteiger partial charge in [-0.15, -0.1) is 11.3 Å². The first-order chi connectivity index (χ1) is 15.5. The number of pyridine rings is 1. The lowest BCUT2D eigenvalue weighted by Gasteiger charge is -2.14. The summed E-state index contributed by atoms with van der Waals surface area (Å²) >= 11 is 1.66. The zero-order valence-electron chi connectivity index (χ0n) is 17.0. The number of nitrogens with one attached hydrogen (secondary N) is 1. The van der Waals surface area contributed by atoms with Crippen LogP contribution in [0.25, 0.3) is 47.4 Å². The van der Waals surface area contributed by atoms with Gasteiger partial charge >= 0.3 is 0 Å². The minimum atomic E-state index is -0.366. The number of hydrogen-bond donors (Lipinski definition) is 1. The van der Waals surface area contributed by atoms with E-state index in [4.69, 9.17) is 0 Å². The molecular weight excluding hydrogens is 420 g/mol. The number of aromatic nitrogens is 1. The van der Waals surface area contributed by atoms with Gasteiger partial charge in [-0.1, -0.05) is 30.3 Å². The molecule has 0 spiro atoms. The monoisotopic (exact) mass is 436 g/mol. The Morgan fingerprint density at radius 3 is 2.25 bits per heavy atom. The van der Waals surface area contributed by atoms with Crippen molar-refractivity contribution >= 4 is 64.6 Å². The molecule has 4 aromatic carbocycles. The van der Waals surface area contributed by atoms with Crippen LogP contribution in [0, 0.1) is 0 Å². The molecule has 2 aromatic heterocycles. The number of rotatable bonds is 2. The summed E-state index contributed by atoms with van der Waals surface area (Å²) in [5, 5.41) is 7.53. The van der Waals surface area contributed by atoms with Crippen molar-refractivity contribution in [2.24, 2.45) is 0 Å². The molecule has 1 N–H and O–H groups in total. The predicted molar refractivity (Wildman–Crippen MR) is 132 cm³/mol. The standard InChI is InChI=1S/C26H16N2O3S/c1-14(29)27-15-5-4-6-16(13-15)28-25(30)19-10-9-18-17-7-2-3-8-21(17)32-22-12-11-20(26(28)31)23(19)24(18)22/h2-13H,1H3,(H,27,29). The molecule has 6 rings (SSSR count). The number of anilines is 1. The summed E-state index contributed by atoms with van der Waals surface area (Å²) < 4.78 is 3.39. The van der Waals surface area contributed by atoms with Crippen LogP contribution in [0.1, 0.15) is 6.92 Å². The quantitative estimate of drug-likeness (QED) is 0.297. The normalized spacial score (nSPS) is 11.7. The molecule has 5 nitrogen and oxygen atoms in total. The molecule has 32 heavy (non-hydrogen) atoms. The molecule has 0 aliphatic heterocycles. The molecule has 6 heteroatoms. The zero-order valence-corrected chi connectivity index (χ0v) is 17.8. The van der Waals surface area contributed by atoms with Crippen molar-refractivity contribution in [3.8, 4) is 5.69 Å². The fourth-order valence-electron chi connectivity index (χ4n) is 4.52. The highest BCUT2D eigenvalue weighted by Gasteiger charge is 2.19. The zero-order chi connectivity index (χ0) is 22.0. The molecule has 0 atom stereocenters. The minimum Gasteiger partial charge on any atom is -0.326 e. The fourth-order valence-corrected chi connectivity index (χ4v) is 5.64. The molecule has 0 saturated heterocycles. The molecule has 154 valence electrons. The molecule has 0 unspecified atom stereocenters. The van der Waals surface area contributed by atoms with Crippen LogP contribution in [0.3, 0.4) is 0 Å². The molecule has 0 bridgehead atoms. The lowest BCUT2D eigenvalue weighted by molar-refractivity contribution is -0.114. The molecular formula is C26H16N2O3S. The van der Waals surface area contributed by atoms with Crippen LogP contribution in [0.2, 0.25) is 0 Å². The average molecular weight is 436 g/mol. The molecule has 2 heterocycles. The van der Waals surface area contributed by atoms with Crippen molar-refractivity contribution in [2.75, 3.05) is 5.32 Å². The van der Waals surface area contributed by atoms with E-state index in [1.54, 1.807) is 35.6 Å². The molecule has 0 aliphatic rings. The van der Waals surface area contributed by atoms with Crippen LogP contribution in [0.4, 0.5) is 5.69 Å². The van der Waals surface area contributed by atoms with Crippen LogP contribution in [0.5, 0.6) is 0 Å². The van der Waals surface area contributed by atoms with Gasteiger partial charge in [0.15, 0.2) is 0 Å². The van der Waals surface area contributed by atoms with E-state index in [1.165, 1.54) is 11.5 Å². The Morgan fingerprint density at radius 1 is 0.750 bits per heavy atom. The molecule has 0 radical (unpaired) electrons. The van der Waals surface area contributed by atoms with E-state index in [-0.39, 0.29) is 17.0 Å². The Morgan fingerprint density at radius 2 is 1.47 bits per heavy atom. The van der Waals surface area contributed by atoms with Crippen molar-refractivity contribution in [2.45, 2.75) is 6.92 Å².